The summed E-state index contributed by atoms with van der Waals surface area (Å²) in [6.07, 6.45) is 4.52. The Labute approximate surface area is 119 Å². The van der Waals surface area contributed by atoms with Crippen molar-refractivity contribution in [3.63, 3.8) is 0 Å². The van der Waals surface area contributed by atoms with Crippen molar-refractivity contribution in [2.24, 2.45) is 5.92 Å². The minimum atomic E-state index is 0.387. The van der Waals surface area contributed by atoms with E-state index in [0.717, 1.165) is 18.5 Å². The van der Waals surface area contributed by atoms with Gasteiger partial charge < -0.3 is 10.1 Å². The normalized spacial score (nSPS) is 22.5. The fourth-order valence-corrected chi connectivity index (χ4v) is 2.83. The summed E-state index contributed by atoms with van der Waals surface area (Å²) < 4.78 is 5.58. The summed E-state index contributed by atoms with van der Waals surface area (Å²) in [6, 6.07) is 2.26. The molecule has 2 rings (SSSR count). The third-order valence-electron chi connectivity index (χ3n) is 3.46. The molecule has 1 heterocycles. The van der Waals surface area contributed by atoms with Gasteiger partial charge in [-0.2, -0.15) is 4.98 Å². The summed E-state index contributed by atoms with van der Waals surface area (Å²) in [5, 5.41) is 3.41. The number of halogens is 1. The number of hydrogen-bond donors (Lipinski definition) is 1. The molecule has 4 nitrogen and oxygen atoms in total. The summed E-state index contributed by atoms with van der Waals surface area (Å²) >= 11 is 5.99. The van der Waals surface area contributed by atoms with E-state index in [4.69, 9.17) is 16.3 Å². The van der Waals surface area contributed by atoms with Crippen LogP contribution >= 0.6 is 11.6 Å². The van der Waals surface area contributed by atoms with Gasteiger partial charge in [0.15, 0.2) is 0 Å². The standard InChI is InChI=1S/C14H22ClN3O/c1-3-7-19-13-8-10(2)16-14(18-13)17-12-6-4-5-11(12)9-15/h8,11-12H,3-7,9H2,1-2H3,(H,16,17,18). The first-order valence-corrected chi connectivity index (χ1v) is 7.57. The van der Waals surface area contributed by atoms with E-state index in [0.29, 0.717) is 36.3 Å². The third kappa shape index (κ3) is 3.96. The van der Waals surface area contributed by atoms with Gasteiger partial charge in [-0.25, -0.2) is 4.98 Å². The molecule has 1 aromatic heterocycles. The SMILES string of the molecule is CCCOc1cc(C)nc(NC2CCCC2CCl)n1. The minimum absolute atomic E-state index is 0.387. The average molecular weight is 284 g/mol. The lowest BCUT2D eigenvalue weighted by Gasteiger charge is -2.19. The molecule has 2 unspecified atom stereocenters. The van der Waals surface area contributed by atoms with E-state index < -0.39 is 0 Å². The number of alkyl halides is 1. The number of hydrogen-bond acceptors (Lipinski definition) is 4. The molecular weight excluding hydrogens is 262 g/mol. The van der Waals surface area contributed by atoms with Gasteiger partial charge in [0.25, 0.3) is 0 Å². The smallest absolute Gasteiger partial charge is 0.226 e. The van der Waals surface area contributed by atoms with Crippen molar-refractivity contribution in [1.82, 2.24) is 9.97 Å². The molecule has 1 aromatic rings. The number of aromatic nitrogens is 2. The second-order valence-corrected chi connectivity index (χ2v) is 5.42. The van der Waals surface area contributed by atoms with Gasteiger partial charge in [-0.05, 0) is 32.1 Å². The largest absolute Gasteiger partial charge is 0.478 e. The zero-order valence-electron chi connectivity index (χ0n) is 11.7. The Morgan fingerprint density at radius 3 is 3.00 bits per heavy atom. The van der Waals surface area contributed by atoms with Crippen LogP contribution < -0.4 is 10.1 Å². The molecule has 2 atom stereocenters. The number of anilines is 1. The van der Waals surface area contributed by atoms with Crippen LogP contribution in [-0.4, -0.2) is 28.5 Å². The summed E-state index contributed by atoms with van der Waals surface area (Å²) in [4.78, 5) is 8.84. The van der Waals surface area contributed by atoms with Gasteiger partial charge in [0.05, 0.1) is 6.61 Å². The predicted octanol–water partition coefficient (Wildman–Crippen LogP) is 3.39. The van der Waals surface area contributed by atoms with Crippen molar-refractivity contribution in [1.29, 1.82) is 0 Å². The summed E-state index contributed by atoms with van der Waals surface area (Å²) in [5.74, 6) is 2.53. The Hall–Kier alpha value is -1.03. The van der Waals surface area contributed by atoms with Gasteiger partial charge in [-0.3, -0.25) is 0 Å². The van der Waals surface area contributed by atoms with Crippen LogP contribution in [0.3, 0.4) is 0 Å². The van der Waals surface area contributed by atoms with Gasteiger partial charge >= 0.3 is 0 Å². The van der Waals surface area contributed by atoms with E-state index in [1.54, 1.807) is 0 Å². The van der Waals surface area contributed by atoms with Crippen molar-refractivity contribution in [2.45, 2.75) is 45.6 Å². The molecule has 1 fully saturated rings. The lowest BCUT2D eigenvalue weighted by Crippen LogP contribution is -2.26. The molecule has 106 valence electrons. The monoisotopic (exact) mass is 283 g/mol. The fourth-order valence-electron chi connectivity index (χ4n) is 2.46. The van der Waals surface area contributed by atoms with Crippen molar-refractivity contribution >= 4 is 17.5 Å². The van der Waals surface area contributed by atoms with Crippen LogP contribution in [0.15, 0.2) is 6.07 Å². The quantitative estimate of drug-likeness (QED) is 0.813. The lowest BCUT2D eigenvalue weighted by molar-refractivity contribution is 0.304. The minimum Gasteiger partial charge on any atom is -0.478 e. The van der Waals surface area contributed by atoms with Gasteiger partial charge in [0.1, 0.15) is 0 Å². The van der Waals surface area contributed by atoms with Crippen molar-refractivity contribution < 1.29 is 4.74 Å². The summed E-state index contributed by atoms with van der Waals surface area (Å²) in [5.41, 5.74) is 0.920. The summed E-state index contributed by atoms with van der Waals surface area (Å²) in [7, 11) is 0. The molecule has 1 N–H and O–H groups in total. The molecule has 0 radical (unpaired) electrons. The number of nitrogens with one attached hydrogen (secondary N) is 1. The highest BCUT2D eigenvalue weighted by Crippen LogP contribution is 2.29. The highest BCUT2D eigenvalue weighted by Gasteiger charge is 2.27. The molecular formula is C14H22ClN3O. The van der Waals surface area contributed by atoms with Gasteiger partial charge in [-0.1, -0.05) is 13.3 Å². The Kier molecular flexibility index (Phi) is 5.25. The van der Waals surface area contributed by atoms with E-state index in [1.165, 1.54) is 12.8 Å². The Balaban J connectivity index is 2.04. The number of rotatable bonds is 6. The molecule has 0 aliphatic heterocycles. The van der Waals surface area contributed by atoms with E-state index in [-0.39, 0.29) is 0 Å². The van der Waals surface area contributed by atoms with Crippen LogP contribution in [0.5, 0.6) is 5.88 Å². The van der Waals surface area contributed by atoms with Crippen molar-refractivity contribution in [3.05, 3.63) is 11.8 Å². The van der Waals surface area contributed by atoms with Gasteiger partial charge in [0, 0.05) is 23.7 Å². The second-order valence-electron chi connectivity index (χ2n) is 5.12. The molecule has 1 saturated carbocycles. The zero-order valence-corrected chi connectivity index (χ0v) is 12.4. The highest BCUT2D eigenvalue weighted by atomic mass is 35.5. The first-order chi connectivity index (χ1) is 9.22. The first-order valence-electron chi connectivity index (χ1n) is 7.04. The highest BCUT2D eigenvalue weighted by molar-refractivity contribution is 6.18. The maximum absolute atomic E-state index is 5.99. The van der Waals surface area contributed by atoms with E-state index in [1.807, 2.05) is 13.0 Å². The number of ether oxygens (including phenoxy) is 1. The average Bonchev–Trinajstić information content (AvgIpc) is 2.83. The van der Waals surface area contributed by atoms with Gasteiger partial charge in [-0.15, -0.1) is 11.6 Å². The Bertz CT molecular complexity index is 414. The van der Waals surface area contributed by atoms with E-state index in [9.17, 15) is 0 Å². The molecule has 0 amide bonds. The fraction of sp³-hybridized carbons (Fsp3) is 0.714. The second kappa shape index (κ2) is 6.94. The van der Waals surface area contributed by atoms with Crippen LogP contribution in [0.4, 0.5) is 5.95 Å². The number of aryl methyl sites for hydroxylation is 1. The van der Waals surface area contributed by atoms with Crippen LogP contribution in [0.1, 0.15) is 38.3 Å². The Morgan fingerprint density at radius 2 is 2.26 bits per heavy atom. The predicted molar refractivity (Wildman–Crippen MR) is 78.0 cm³/mol. The van der Waals surface area contributed by atoms with E-state index in [2.05, 4.69) is 22.2 Å². The summed E-state index contributed by atoms with van der Waals surface area (Å²) in [6.45, 7) is 4.72. The third-order valence-corrected chi connectivity index (χ3v) is 3.85. The van der Waals surface area contributed by atoms with E-state index >= 15 is 0 Å². The molecule has 1 aliphatic rings. The van der Waals surface area contributed by atoms with Crippen LogP contribution in [-0.2, 0) is 0 Å². The molecule has 0 aromatic carbocycles. The maximum atomic E-state index is 5.99. The molecule has 0 spiro atoms. The molecule has 1 aliphatic carbocycles. The van der Waals surface area contributed by atoms with Crippen LogP contribution in [0.25, 0.3) is 0 Å². The Morgan fingerprint density at radius 1 is 1.42 bits per heavy atom. The molecule has 19 heavy (non-hydrogen) atoms. The molecule has 5 heteroatoms. The van der Waals surface area contributed by atoms with Gasteiger partial charge in [0.2, 0.25) is 11.8 Å². The molecule has 0 saturated heterocycles. The maximum Gasteiger partial charge on any atom is 0.226 e. The lowest BCUT2D eigenvalue weighted by atomic mass is 10.1. The topological polar surface area (TPSA) is 47.0 Å². The van der Waals surface area contributed by atoms with Crippen molar-refractivity contribution in [2.75, 3.05) is 17.8 Å². The van der Waals surface area contributed by atoms with Crippen LogP contribution in [0.2, 0.25) is 0 Å². The number of nitrogens with zero attached hydrogens (tertiary/aromatic N) is 2. The zero-order chi connectivity index (χ0) is 13.7. The van der Waals surface area contributed by atoms with Crippen molar-refractivity contribution in [3.8, 4) is 5.88 Å². The first kappa shape index (κ1) is 14.4. The molecule has 0 bridgehead atoms. The van der Waals surface area contributed by atoms with Crippen LogP contribution in [0, 0.1) is 12.8 Å².